The number of nitrogens with zero attached hydrogens (tertiary/aromatic N) is 4. The fourth-order valence-corrected chi connectivity index (χ4v) is 2.29. The van der Waals surface area contributed by atoms with Gasteiger partial charge in [0.1, 0.15) is 5.69 Å². The number of aliphatic hydroxyl groups excluding tert-OH is 1. The fraction of sp³-hybridized carbons (Fsp3) is 0.667. The van der Waals surface area contributed by atoms with Gasteiger partial charge in [0.15, 0.2) is 0 Å². The van der Waals surface area contributed by atoms with Gasteiger partial charge in [-0.15, -0.1) is 0 Å². The van der Waals surface area contributed by atoms with Gasteiger partial charge >= 0.3 is 5.69 Å². The van der Waals surface area contributed by atoms with E-state index in [1.165, 1.54) is 6.92 Å². The lowest BCUT2D eigenvalue weighted by molar-refractivity contribution is -0.385. The Balaban J connectivity index is 3.41. The first-order chi connectivity index (χ1) is 9.46. The van der Waals surface area contributed by atoms with E-state index >= 15 is 0 Å². The Morgan fingerprint density at radius 3 is 2.45 bits per heavy atom. The summed E-state index contributed by atoms with van der Waals surface area (Å²) >= 11 is 0. The van der Waals surface area contributed by atoms with Crippen LogP contribution in [0.5, 0.6) is 0 Å². The maximum absolute atomic E-state index is 11.3. The van der Waals surface area contributed by atoms with Crippen LogP contribution in [0.15, 0.2) is 0 Å². The van der Waals surface area contributed by atoms with E-state index < -0.39 is 4.92 Å². The summed E-state index contributed by atoms with van der Waals surface area (Å²) in [5.74, 6) is 0.180. The number of hydrogen-bond acceptors (Lipinski definition) is 7. The number of aryl methyl sites for hydroxylation is 1. The van der Waals surface area contributed by atoms with Gasteiger partial charge in [-0.3, -0.25) is 10.1 Å². The largest absolute Gasteiger partial charge is 0.395 e. The molecule has 1 rings (SSSR count). The number of nitrogen functional groups attached to an aromatic ring is 1. The zero-order valence-corrected chi connectivity index (χ0v) is 12.0. The molecule has 1 heterocycles. The molecule has 0 saturated carbocycles. The molecule has 20 heavy (non-hydrogen) atoms. The van der Waals surface area contributed by atoms with Crippen LogP contribution in [0.4, 0.5) is 17.5 Å². The first-order valence-corrected chi connectivity index (χ1v) is 6.62. The molecule has 1 aromatic heterocycles. The van der Waals surface area contributed by atoms with Gasteiger partial charge in [-0.2, -0.15) is 4.98 Å². The minimum Gasteiger partial charge on any atom is -0.395 e. The van der Waals surface area contributed by atoms with Crippen LogP contribution in [-0.4, -0.2) is 39.2 Å². The zero-order valence-electron chi connectivity index (χ0n) is 12.0. The van der Waals surface area contributed by atoms with E-state index in [-0.39, 0.29) is 42.3 Å². The molecule has 0 spiro atoms. The van der Waals surface area contributed by atoms with Gasteiger partial charge < -0.3 is 15.7 Å². The smallest absolute Gasteiger partial charge is 0.332 e. The molecule has 0 aromatic carbocycles. The van der Waals surface area contributed by atoms with Gasteiger partial charge in [0.05, 0.1) is 11.5 Å². The second-order valence-corrected chi connectivity index (χ2v) is 4.48. The Bertz CT molecular complexity index is 476. The average molecular weight is 283 g/mol. The van der Waals surface area contributed by atoms with Crippen molar-refractivity contribution in [1.82, 2.24) is 9.97 Å². The zero-order chi connectivity index (χ0) is 15.3. The monoisotopic (exact) mass is 283 g/mol. The number of nitrogens with two attached hydrogens (primary N) is 1. The molecule has 0 aliphatic heterocycles. The summed E-state index contributed by atoms with van der Waals surface area (Å²) in [5, 5.41) is 20.5. The molecule has 0 aliphatic rings. The second-order valence-electron chi connectivity index (χ2n) is 4.48. The van der Waals surface area contributed by atoms with Gasteiger partial charge in [-0.1, -0.05) is 13.8 Å². The minimum atomic E-state index is -0.503. The molecule has 0 unspecified atom stereocenters. The van der Waals surface area contributed by atoms with Crippen LogP contribution >= 0.6 is 0 Å². The third kappa shape index (κ3) is 3.32. The van der Waals surface area contributed by atoms with Crippen molar-refractivity contribution in [2.45, 2.75) is 39.7 Å². The first kappa shape index (κ1) is 16.1. The molecule has 3 N–H and O–H groups in total. The Kier molecular flexibility index (Phi) is 5.63. The Hall–Kier alpha value is -1.96. The van der Waals surface area contributed by atoms with Gasteiger partial charge in [0.2, 0.25) is 11.8 Å². The van der Waals surface area contributed by atoms with E-state index in [0.717, 1.165) is 12.8 Å². The fourth-order valence-electron chi connectivity index (χ4n) is 2.29. The van der Waals surface area contributed by atoms with Crippen molar-refractivity contribution in [3.05, 3.63) is 15.8 Å². The van der Waals surface area contributed by atoms with E-state index in [1.807, 2.05) is 13.8 Å². The van der Waals surface area contributed by atoms with Gasteiger partial charge in [-0.05, 0) is 19.8 Å². The molecule has 112 valence electrons. The third-order valence-corrected chi connectivity index (χ3v) is 3.24. The van der Waals surface area contributed by atoms with Crippen molar-refractivity contribution < 1.29 is 10.0 Å². The highest BCUT2D eigenvalue weighted by Gasteiger charge is 2.28. The molecule has 0 saturated heterocycles. The summed E-state index contributed by atoms with van der Waals surface area (Å²) in [6.45, 7) is 5.66. The highest BCUT2D eigenvalue weighted by molar-refractivity contribution is 5.62. The lowest BCUT2D eigenvalue weighted by Crippen LogP contribution is -2.38. The average Bonchev–Trinajstić information content (AvgIpc) is 2.37. The number of nitro groups is 1. The van der Waals surface area contributed by atoms with Gasteiger partial charge in [0.25, 0.3) is 0 Å². The number of rotatable bonds is 7. The van der Waals surface area contributed by atoms with Crippen molar-refractivity contribution in [2.75, 3.05) is 23.8 Å². The summed E-state index contributed by atoms with van der Waals surface area (Å²) in [6.07, 6.45) is 1.58. The molecule has 0 bridgehead atoms. The van der Waals surface area contributed by atoms with E-state index in [2.05, 4.69) is 9.97 Å². The van der Waals surface area contributed by atoms with Crippen molar-refractivity contribution in [3.63, 3.8) is 0 Å². The molecule has 0 atom stereocenters. The minimum absolute atomic E-state index is 0.00278. The van der Waals surface area contributed by atoms with Crippen LogP contribution in [-0.2, 0) is 0 Å². The molecule has 1 aromatic rings. The highest BCUT2D eigenvalue weighted by atomic mass is 16.6. The van der Waals surface area contributed by atoms with Crippen LogP contribution in [0.1, 0.15) is 32.4 Å². The van der Waals surface area contributed by atoms with Crippen molar-refractivity contribution >= 4 is 17.5 Å². The topological polar surface area (TPSA) is 118 Å². The van der Waals surface area contributed by atoms with Crippen molar-refractivity contribution in [2.24, 2.45) is 0 Å². The van der Waals surface area contributed by atoms with E-state index in [9.17, 15) is 15.2 Å². The van der Waals surface area contributed by atoms with Crippen LogP contribution in [0, 0.1) is 17.0 Å². The number of hydrogen-bond donors (Lipinski definition) is 2. The maximum Gasteiger partial charge on any atom is 0.332 e. The summed E-state index contributed by atoms with van der Waals surface area (Å²) in [6, 6.07) is 0.0505. The Labute approximate surface area is 117 Å². The van der Waals surface area contributed by atoms with E-state index in [4.69, 9.17) is 5.73 Å². The summed E-state index contributed by atoms with van der Waals surface area (Å²) in [5.41, 5.74) is 5.69. The lowest BCUT2D eigenvalue weighted by atomic mass is 10.1. The summed E-state index contributed by atoms with van der Waals surface area (Å²) in [7, 11) is 0. The van der Waals surface area contributed by atoms with Gasteiger partial charge in [-0.25, -0.2) is 4.98 Å². The number of aliphatic hydroxyl groups is 1. The van der Waals surface area contributed by atoms with Crippen molar-refractivity contribution in [1.29, 1.82) is 0 Å². The molecule has 8 nitrogen and oxygen atoms in total. The quantitative estimate of drug-likeness (QED) is 0.571. The summed E-state index contributed by atoms with van der Waals surface area (Å²) < 4.78 is 0. The van der Waals surface area contributed by atoms with Gasteiger partial charge in [0, 0.05) is 12.6 Å². The Morgan fingerprint density at radius 2 is 2.00 bits per heavy atom. The standard InChI is InChI=1S/C12H21N5O3/c1-4-9(5-2)16(6-7-18)11-10(17(19)20)8(3)14-12(13)15-11/h9,18H,4-7H2,1-3H3,(H2,13,14,15). The predicted octanol–water partition coefficient (Wildman–Crippen LogP) is 1.26. The summed E-state index contributed by atoms with van der Waals surface area (Å²) in [4.78, 5) is 20.4. The highest BCUT2D eigenvalue weighted by Crippen LogP contribution is 2.31. The predicted molar refractivity (Wildman–Crippen MR) is 76.6 cm³/mol. The lowest BCUT2D eigenvalue weighted by Gasteiger charge is -2.30. The molecule has 0 fully saturated rings. The third-order valence-electron chi connectivity index (χ3n) is 3.24. The first-order valence-electron chi connectivity index (χ1n) is 6.62. The van der Waals surface area contributed by atoms with E-state index in [0.29, 0.717) is 0 Å². The SMILES string of the molecule is CCC(CC)N(CCO)c1nc(N)nc(C)c1[N+](=O)[O-]. The number of anilines is 2. The number of aromatic nitrogens is 2. The maximum atomic E-state index is 11.3. The molecule has 0 radical (unpaired) electrons. The van der Waals surface area contributed by atoms with Crippen molar-refractivity contribution in [3.8, 4) is 0 Å². The van der Waals surface area contributed by atoms with Crippen LogP contribution < -0.4 is 10.6 Å². The Morgan fingerprint density at radius 1 is 1.40 bits per heavy atom. The van der Waals surface area contributed by atoms with E-state index in [1.54, 1.807) is 4.90 Å². The molecule has 8 heteroatoms. The molecule has 0 amide bonds. The molecule has 0 aliphatic carbocycles. The second kappa shape index (κ2) is 6.99. The molecular weight excluding hydrogens is 262 g/mol. The normalized spacial score (nSPS) is 10.8. The molecular formula is C12H21N5O3. The van der Waals surface area contributed by atoms with Crippen LogP contribution in [0.2, 0.25) is 0 Å². The van der Waals surface area contributed by atoms with Crippen LogP contribution in [0.3, 0.4) is 0 Å². The van der Waals surface area contributed by atoms with Crippen LogP contribution in [0.25, 0.3) is 0 Å².